The van der Waals surface area contributed by atoms with Crippen LogP contribution in [0.1, 0.15) is 19.3 Å². The van der Waals surface area contributed by atoms with Gasteiger partial charge in [-0.2, -0.15) is 39.5 Å². The second kappa shape index (κ2) is 10.6. The molecule has 1 aliphatic rings. The van der Waals surface area contributed by atoms with Gasteiger partial charge < -0.3 is 27.7 Å². The van der Waals surface area contributed by atoms with E-state index in [2.05, 4.69) is 27.7 Å². The van der Waals surface area contributed by atoms with Gasteiger partial charge in [0.05, 0.1) is 19.3 Å². The summed E-state index contributed by atoms with van der Waals surface area (Å²) in [4.78, 5) is 0. The summed E-state index contributed by atoms with van der Waals surface area (Å²) in [5.74, 6) is 0. The van der Waals surface area contributed by atoms with Crippen molar-refractivity contribution >= 4 is 22.0 Å². The molecule has 1 fully saturated rings. The van der Waals surface area contributed by atoms with Gasteiger partial charge in [-0.05, 0) is 0 Å². The Morgan fingerprint density at radius 2 is 0.700 bits per heavy atom. The smallest absolute Gasteiger partial charge is 0.400 e. The number of halogens is 12. The monoisotopic (exact) mass is 474 g/mol. The molecule has 1 saturated heterocycles. The summed E-state index contributed by atoms with van der Waals surface area (Å²) in [6, 6.07) is 0. The first-order valence-electron chi connectivity index (χ1n) is 7.47. The minimum atomic E-state index is -5.11. The Balaban J connectivity index is 2.77. The summed E-state index contributed by atoms with van der Waals surface area (Å²) in [6.45, 7) is 0. The molecular weight excluding hydrogens is 465 g/mol. The van der Waals surface area contributed by atoms with E-state index in [1.807, 2.05) is 0 Å². The number of hydrogen-bond acceptors (Lipinski definition) is 6. The molecule has 1 heterocycles. The highest BCUT2D eigenvalue weighted by Gasteiger charge is 2.51. The van der Waals surface area contributed by atoms with Crippen LogP contribution in [0.4, 0.5) is 52.7 Å². The molecule has 0 aromatic heterocycles. The molecule has 3 atom stereocenters. The molecule has 0 N–H and O–H groups in total. The van der Waals surface area contributed by atoms with Crippen LogP contribution in [-0.2, 0) is 27.7 Å². The van der Waals surface area contributed by atoms with E-state index in [0.29, 0.717) is 0 Å². The van der Waals surface area contributed by atoms with E-state index in [1.165, 1.54) is 0 Å². The van der Waals surface area contributed by atoms with Crippen molar-refractivity contribution < 1.29 is 80.4 Å². The zero-order valence-electron chi connectivity index (χ0n) is 14.1. The number of hydrogen-bond donors (Lipinski definition) is 0. The van der Waals surface area contributed by atoms with Crippen LogP contribution in [0, 0.1) is 0 Å². The third-order valence-corrected chi connectivity index (χ3v) is 2.62. The zero-order chi connectivity index (χ0) is 23.3. The quantitative estimate of drug-likeness (QED) is 0.375. The molecule has 174 valence electrons. The number of alkyl halides is 12. The van der Waals surface area contributed by atoms with E-state index in [-0.39, 0.29) is 0 Å². The van der Waals surface area contributed by atoms with E-state index in [4.69, 9.17) is 0 Å². The highest BCUT2D eigenvalue weighted by Crippen LogP contribution is 2.28. The van der Waals surface area contributed by atoms with Crippen molar-refractivity contribution in [2.24, 2.45) is 0 Å². The second-order valence-corrected chi connectivity index (χ2v) is 5.37. The van der Waals surface area contributed by atoms with Crippen molar-refractivity contribution in [3.05, 3.63) is 0 Å². The van der Waals surface area contributed by atoms with Gasteiger partial charge in [0.2, 0.25) is 0 Å². The molecule has 0 aliphatic carbocycles. The lowest BCUT2D eigenvalue weighted by atomic mass is 9.96. The van der Waals surface area contributed by atoms with E-state index >= 15 is 0 Å². The van der Waals surface area contributed by atoms with Gasteiger partial charge in [-0.15, -0.1) is 0 Å². The van der Waals surface area contributed by atoms with E-state index < -0.39 is 78.8 Å². The van der Waals surface area contributed by atoms with Crippen LogP contribution >= 0.6 is 0 Å². The van der Waals surface area contributed by atoms with Gasteiger partial charge in [0.25, 0.3) is 0 Å². The lowest BCUT2D eigenvalue weighted by Crippen LogP contribution is -2.55. The third-order valence-electron chi connectivity index (χ3n) is 2.62. The van der Waals surface area contributed by atoms with Crippen LogP contribution in [0.25, 0.3) is 0 Å². The molecule has 3 unspecified atom stereocenters. The fraction of sp³-hybridized carbons (Fsp3) is 1.00. The molecule has 6 nitrogen and oxygen atoms in total. The highest BCUT2D eigenvalue weighted by atomic mass is 19.4. The molecular formula is C9H9B3F12O6. The molecule has 30 heavy (non-hydrogen) atoms. The first kappa shape index (κ1) is 27.1. The maximum absolute atomic E-state index is 13.2. The topological polar surface area (TPSA) is 55.4 Å². The predicted molar refractivity (Wildman–Crippen MR) is 70.5 cm³/mol. The largest absolute Gasteiger partial charge is 0.617 e. The van der Waals surface area contributed by atoms with Crippen LogP contribution < -0.4 is 0 Å². The maximum Gasteiger partial charge on any atom is 0.617 e. The third kappa shape index (κ3) is 12.7. The van der Waals surface area contributed by atoms with Gasteiger partial charge in [0.15, 0.2) is 19.1 Å². The summed E-state index contributed by atoms with van der Waals surface area (Å²) in [5.41, 5.74) is 0. The van der Waals surface area contributed by atoms with E-state index in [1.54, 1.807) is 0 Å². The van der Waals surface area contributed by atoms with Crippen molar-refractivity contribution in [1.82, 2.24) is 0 Å². The predicted octanol–water partition coefficient (Wildman–Crippen LogP) is 3.80. The second-order valence-electron chi connectivity index (χ2n) is 5.37. The number of rotatable bonds is 9. The highest BCUT2D eigenvalue weighted by molar-refractivity contribution is 6.66. The molecule has 21 heteroatoms. The Morgan fingerprint density at radius 3 is 0.867 bits per heavy atom. The minimum absolute atomic E-state index is 2.24. The van der Waals surface area contributed by atoms with Gasteiger partial charge >= 0.3 is 40.5 Å². The molecule has 0 saturated carbocycles. The van der Waals surface area contributed by atoms with Crippen molar-refractivity contribution in [3.8, 4) is 0 Å². The molecule has 1 aliphatic heterocycles. The lowest BCUT2D eigenvalue weighted by Gasteiger charge is -2.30. The zero-order valence-corrected chi connectivity index (χ0v) is 14.1. The van der Waals surface area contributed by atoms with Gasteiger partial charge in [0, 0.05) is 0 Å². The summed E-state index contributed by atoms with van der Waals surface area (Å²) in [5, 5.41) is 0. The van der Waals surface area contributed by atoms with E-state index in [0.717, 1.165) is 0 Å². The van der Waals surface area contributed by atoms with Crippen LogP contribution in [0.2, 0.25) is 0 Å². The normalized spacial score (nSPS) is 19.8. The van der Waals surface area contributed by atoms with Crippen LogP contribution in [-0.4, -0.2) is 59.6 Å². The molecule has 0 amide bonds. The van der Waals surface area contributed by atoms with Gasteiger partial charge in [0.1, 0.15) is 0 Å². The van der Waals surface area contributed by atoms with Gasteiger partial charge in [-0.3, -0.25) is 0 Å². The molecule has 0 spiro atoms. The van der Waals surface area contributed by atoms with Crippen LogP contribution in [0.3, 0.4) is 0 Å². The molecule has 0 radical (unpaired) electrons. The van der Waals surface area contributed by atoms with Gasteiger partial charge in [-0.1, -0.05) is 0 Å². The summed E-state index contributed by atoms with van der Waals surface area (Å²) < 4.78 is 173. The first-order chi connectivity index (χ1) is 13.4. The fourth-order valence-corrected chi connectivity index (χ4v) is 1.61. The Labute approximate surface area is 160 Å². The van der Waals surface area contributed by atoms with Crippen molar-refractivity contribution in [2.75, 3.05) is 0 Å². The van der Waals surface area contributed by atoms with Crippen molar-refractivity contribution in [1.29, 1.82) is 0 Å². The maximum atomic E-state index is 13.2. The molecule has 1 rings (SSSR count). The Morgan fingerprint density at radius 1 is 0.500 bits per heavy atom. The molecule has 0 aromatic carbocycles. The summed E-state index contributed by atoms with van der Waals surface area (Å²) >= 11 is 0. The lowest BCUT2D eigenvalue weighted by molar-refractivity contribution is -0.175. The minimum Gasteiger partial charge on any atom is -0.400 e. The molecule has 0 bridgehead atoms. The fourth-order valence-electron chi connectivity index (χ4n) is 1.61. The Kier molecular flexibility index (Phi) is 9.61. The van der Waals surface area contributed by atoms with Gasteiger partial charge in [-0.25, -0.2) is 13.2 Å². The van der Waals surface area contributed by atoms with Crippen LogP contribution in [0.5, 0.6) is 0 Å². The summed E-state index contributed by atoms with van der Waals surface area (Å²) in [6.07, 6.45) is -31.7. The Hall–Kier alpha value is -0.885. The van der Waals surface area contributed by atoms with E-state index in [9.17, 15) is 52.7 Å². The standard InChI is InChI=1S/C9H9B3F12O6/c13-4(1-7(16,17)18)25-10-28-11(26-5(14)2-8(19,20)21)30-12(29-10)27-6(15)3-9(22,23)24/h4-6H,1-3H2. The Bertz CT molecular complexity index is 444. The van der Waals surface area contributed by atoms with Crippen molar-refractivity contribution in [2.45, 2.75) is 56.9 Å². The SMILES string of the molecule is FC(CC(F)(F)F)OB1OB(OC(F)CC(F)(F)F)OB(OC(F)CC(F)(F)F)O1. The first-order valence-corrected chi connectivity index (χ1v) is 7.47. The van der Waals surface area contributed by atoms with Crippen LogP contribution in [0.15, 0.2) is 0 Å². The average molecular weight is 474 g/mol. The molecule has 0 aromatic rings. The average Bonchev–Trinajstić information content (AvgIpc) is 2.39. The van der Waals surface area contributed by atoms with Crippen molar-refractivity contribution in [3.63, 3.8) is 0 Å². The summed E-state index contributed by atoms with van der Waals surface area (Å²) in [7, 11) is -8.04.